The topological polar surface area (TPSA) is 343 Å². The van der Waals surface area contributed by atoms with Crippen molar-refractivity contribution in [1.82, 2.24) is 5.32 Å². The van der Waals surface area contributed by atoms with Crippen molar-refractivity contribution in [3.63, 3.8) is 0 Å². The highest BCUT2D eigenvalue weighted by molar-refractivity contribution is 5.80. The van der Waals surface area contributed by atoms with Gasteiger partial charge in [-0.3, -0.25) is 9.59 Å². The van der Waals surface area contributed by atoms with Gasteiger partial charge in [0.15, 0.2) is 12.1 Å². The van der Waals surface area contributed by atoms with Crippen molar-refractivity contribution in [2.24, 2.45) is 0 Å². The molecule has 0 aromatic heterocycles. The van der Waals surface area contributed by atoms with Crippen LogP contribution in [0.25, 0.3) is 0 Å². The number of aliphatic hydroxyl groups is 11. The largest absolute Gasteiger partial charge is 0.477 e. The van der Waals surface area contributed by atoms with E-state index >= 15 is 0 Å². The minimum Gasteiger partial charge on any atom is -0.477 e. The molecule has 2 rings (SSSR count). The lowest BCUT2D eigenvalue weighted by Gasteiger charge is -2.50. The van der Waals surface area contributed by atoms with E-state index in [2.05, 4.69) is 5.32 Å². The average Bonchev–Trinajstić information content (AvgIpc) is 2.97. The number of carbonyl (C=O) groups excluding carboxylic acids is 2. The summed E-state index contributed by atoms with van der Waals surface area (Å²) in [4.78, 5) is 35.9. The van der Waals surface area contributed by atoms with Crippen molar-refractivity contribution in [2.75, 3.05) is 19.8 Å². The number of rotatable bonds is 15. The molecular formula is C24H41NO19. The lowest BCUT2D eigenvalue weighted by Crippen LogP contribution is -2.70. The van der Waals surface area contributed by atoms with E-state index in [4.69, 9.17) is 18.9 Å². The highest BCUT2D eigenvalue weighted by atomic mass is 16.8. The summed E-state index contributed by atoms with van der Waals surface area (Å²) in [5.74, 6) is -6.83. The zero-order valence-corrected chi connectivity index (χ0v) is 23.6. The van der Waals surface area contributed by atoms with Crippen LogP contribution < -0.4 is 5.32 Å². The smallest absolute Gasteiger partial charge is 0.364 e. The summed E-state index contributed by atoms with van der Waals surface area (Å²) in [5, 5.41) is 125. The number of hydrogen-bond acceptors (Lipinski definition) is 18. The van der Waals surface area contributed by atoms with Gasteiger partial charge in [-0.2, -0.15) is 0 Å². The molecule has 1 amide bonds. The van der Waals surface area contributed by atoms with Crippen LogP contribution in [0.1, 0.15) is 20.3 Å². The molecular weight excluding hydrogens is 606 g/mol. The second-order valence-corrected chi connectivity index (χ2v) is 10.6. The number of ketones is 1. The van der Waals surface area contributed by atoms with Gasteiger partial charge in [-0.15, -0.1) is 0 Å². The first kappa shape index (κ1) is 38.2. The van der Waals surface area contributed by atoms with Crippen LogP contribution in [0.2, 0.25) is 0 Å². The van der Waals surface area contributed by atoms with Crippen LogP contribution in [0.5, 0.6) is 0 Å². The molecule has 2 heterocycles. The summed E-state index contributed by atoms with van der Waals surface area (Å²) >= 11 is 0. The second kappa shape index (κ2) is 16.0. The normalized spacial score (nSPS) is 36.8. The molecule has 13 N–H and O–H groups in total. The molecule has 0 aliphatic carbocycles. The number of carbonyl (C=O) groups is 3. The SMILES string of the molecule is CC(=O)N[C@H]1[C@H]([C@H](O)[C@H](O)CO)O[C@@](O[C@H]2[C@@H](O)[C@@H](CO)O[C@@H](O[C@@H]([C@H](O)[C@@H](O)C(C)=O)[C@H](O)CO)[C@@H]2O)(C(=O)O)C[C@@H]1O. The summed E-state index contributed by atoms with van der Waals surface area (Å²) in [7, 11) is 0. The molecule has 2 aliphatic rings. The Hall–Kier alpha value is -1.99. The first-order valence-electron chi connectivity index (χ1n) is 13.4. The molecule has 2 fully saturated rings. The van der Waals surface area contributed by atoms with Crippen LogP contribution in [-0.2, 0) is 33.3 Å². The van der Waals surface area contributed by atoms with E-state index in [0.29, 0.717) is 0 Å². The Morgan fingerprint density at radius 1 is 0.955 bits per heavy atom. The van der Waals surface area contributed by atoms with E-state index in [-0.39, 0.29) is 0 Å². The minimum atomic E-state index is -3.07. The van der Waals surface area contributed by atoms with Crippen molar-refractivity contribution in [3.05, 3.63) is 0 Å². The zero-order valence-electron chi connectivity index (χ0n) is 23.6. The maximum atomic E-state index is 12.5. The fourth-order valence-corrected chi connectivity index (χ4v) is 4.85. The summed E-state index contributed by atoms with van der Waals surface area (Å²) in [6.07, 6.45) is -27.9. The van der Waals surface area contributed by atoms with Crippen LogP contribution in [0.4, 0.5) is 0 Å². The summed E-state index contributed by atoms with van der Waals surface area (Å²) in [6.45, 7) is -1.30. The van der Waals surface area contributed by atoms with Gasteiger partial charge in [-0.1, -0.05) is 0 Å². The molecule has 2 aliphatic heterocycles. The van der Waals surface area contributed by atoms with Gasteiger partial charge in [-0.25, -0.2) is 4.79 Å². The predicted molar refractivity (Wildman–Crippen MR) is 136 cm³/mol. The van der Waals surface area contributed by atoms with Gasteiger partial charge in [-0.05, 0) is 6.92 Å². The van der Waals surface area contributed by atoms with Gasteiger partial charge in [0.05, 0.1) is 32.0 Å². The van der Waals surface area contributed by atoms with Crippen LogP contribution in [0.15, 0.2) is 0 Å². The molecule has 0 aromatic carbocycles. The standard InChI is InChI=1S/C24H41NO19/c1-7(29)14(34)17(37)19(11(33)5-27)42-22-18(38)21(16(36)12(6-28)41-22)44-24(23(39)40)3-9(31)13(25-8(2)30)20(43-24)15(35)10(32)4-26/h9-22,26-28,31-38H,3-6H2,1-2H3,(H,25,30)(H,39,40)/t9-,10+,11+,12+,13+,14-,15+,16-,17+,18+,19+,20+,21-,22-,24-/m0/s1. The Labute approximate surface area is 249 Å². The van der Waals surface area contributed by atoms with Crippen LogP contribution >= 0.6 is 0 Å². The van der Waals surface area contributed by atoms with E-state index in [0.717, 1.165) is 13.8 Å². The van der Waals surface area contributed by atoms with Crippen LogP contribution in [-0.4, -0.2) is 190 Å². The first-order valence-corrected chi connectivity index (χ1v) is 13.4. The molecule has 0 saturated carbocycles. The van der Waals surface area contributed by atoms with Gasteiger partial charge in [0.2, 0.25) is 5.91 Å². The molecule has 256 valence electrons. The van der Waals surface area contributed by atoms with E-state index in [1.165, 1.54) is 0 Å². The van der Waals surface area contributed by atoms with E-state index in [9.17, 15) is 75.7 Å². The highest BCUT2D eigenvalue weighted by Gasteiger charge is 2.59. The van der Waals surface area contributed by atoms with E-state index in [1.54, 1.807) is 0 Å². The summed E-state index contributed by atoms with van der Waals surface area (Å²) in [6, 6.07) is -1.57. The lowest BCUT2D eigenvalue weighted by molar-refractivity contribution is -0.377. The highest BCUT2D eigenvalue weighted by Crippen LogP contribution is 2.37. The number of aliphatic carboxylic acids is 1. The van der Waals surface area contributed by atoms with Crippen molar-refractivity contribution in [3.8, 4) is 0 Å². The van der Waals surface area contributed by atoms with Crippen molar-refractivity contribution < 1.29 is 94.6 Å². The first-order chi connectivity index (χ1) is 20.5. The molecule has 0 bridgehead atoms. The number of amides is 1. The zero-order chi connectivity index (χ0) is 33.7. The fraction of sp³-hybridized carbons (Fsp3) is 0.875. The van der Waals surface area contributed by atoms with Crippen LogP contribution in [0, 0.1) is 0 Å². The molecule has 0 aromatic rings. The van der Waals surface area contributed by atoms with Gasteiger partial charge in [0, 0.05) is 13.3 Å². The third-order valence-corrected chi connectivity index (χ3v) is 7.27. The van der Waals surface area contributed by atoms with Crippen molar-refractivity contribution in [2.45, 2.75) is 112 Å². The van der Waals surface area contributed by atoms with Crippen molar-refractivity contribution in [1.29, 1.82) is 0 Å². The van der Waals surface area contributed by atoms with Crippen molar-refractivity contribution >= 4 is 17.7 Å². The van der Waals surface area contributed by atoms with Gasteiger partial charge in [0.1, 0.15) is 67.1 Å². The molecule has 0 spiro atoms. The van der Waals surface area contributed by atoms with Gasteiger partial charge >= 0.3 is 5.97 Å². The summed E-state index contributed by atoms with van der Waals surface area (Å²) in [5.41, 5.74) is 0. The monoisotopic (exact) mass is 647 g/mol. The Morgan fingerprint density at radius 3 is 2.02 bits per heavy atom. The number of nitrogens with one attached hydrogen (secondary N) is 1. The number of carboxylic acid groups (broad SMARTS) is 1. The number of Topliss-reactive ketones (excluding diaryl/α,β-unsaturated/α-hetero) is 1. The Kier molecular flexibility index (Phi) is 13.9. The number of aliphatic hydroxyl groups excluding tert-OH is 11. The number of carboxylic acids is 1. The second-order valence-electron chi connectivity index (χ2n) is 10.6. The molecule has 20 heteroatoms. The molecule has 0 radical (unpaired) electrons. The molecule has 0 unspecified atom stereocenters. The average molecular weight is 648 g/mol. The third-order valence-electron chi connectivity index (χ3n) is 7.27. The lowest BCUT2D eigenvalue weighted by atomic mass is 9.88. The molecule has 2 saturated heterocycles. The van der Waals surface area contributed by atoms with Gasteiger partial charge in [0.25, 0.3) is 5.79 Å². The Morgan fingerprint density at radius 2 is 1.55 bits per heavy atom. The summed E-state index contributed by atoms with van der Waals surface area (Å²) < 4.78 is 21.6. The molecule has 15 atom stereocenters. The quantitative estimate of drug-likeness (QED) is 0.0784. The fourth-order valence-electron chi connectivity index (χ4n) is 4.85. The van der Waals surface area contributed by atoms with E-state index in [1.807, 2.05) is 0 Å². The van der Waals surface area contributed by atoms with E-state index < -0.39 is 135 Å². The predicted octanol–water partition coefficient (Wildman–Crippen LogP) is -7.99. The number of hydrogen-bond donors (Lipinski definition) is 13. The third kappa shape index (κ3) is 8.43. The Balaban J connectivity index is 2.50. The molecule has 44 heavy (non-hydrogen) atoms. The maximum absolute atomic E-state index is 12.5. The Bertz CT molecular complexity index is 972. The minimum absolute atomic E-state index is 0.769. The number of ether oxygens (including phenoxy) is 4. The van der Waals surface area contributed by atoms with Crippen LogP contribution in [0.3, 0.4) is 0 Å². The molecule has 20 nitrogen and oxygen atoms in total. The maximum Gasteiger partial charge on any atom is 0.364 e. The van der Waals surface area contributed by atoms with Gasteiger partial charge < -0.3 is 85.5 Å².